The first-order valence-corrected chi connectivity index (χ1v) is 7.93. The highest BCUT2D eigenvalue weighted by atomic mass is 32.2. The second-order valence-electron chi connectivity index (χ2n) is 4.45. The molecular weight excluding hydrogens is 278 g/mol. The topological polar surface area (TPSA) is 50.2 Å². The van der Waals surface area contributed by atoms with E-state index in [1.165, 1.54) is 4.90 Å². The number of rotatable bonds is 4. The number of benzene rings is 1. The molecular formula is C14H13NO2S2. The van der Waals surface area contributed by atoms with Crippen molar-refractivity contribution >= 4 is 29.1 Å². The Morgan fingerprint density at radius 1 is 1.42 bits per heavy atom. The van der Waals surface area contributed by atoms with Gasteiger partial charge in [0.05, 0.1) is 11.4 Å². The maximum Gasteiger partial charge on any atom is 0.312 e. The molecule has 98 valence electrons. The molecule has 2 aromatic rings. The van der Waals surface area contributed by atoms with Crippen molar-refractivity contribution in [3.8, 4) is 0 Å². The fourth-order valence-corrected chi connectivity index (χ4v) is 4.30. The summed E-state index contributed by atoms with van der Waals surface area (Å²) in [6, 6.07) is 10.2. The number of carboxylic acid groups (broad SMARTS) is 1. The van der Waals surface area contributed by atoms with Crippen LogP contribution in [-0.2, 0) is 17.0 Å². The van der Waals surface area contributed by atoms with Crippen LogP contribution in [0.2, 0.25) is 0 Å². The van der Waals surface area contributed by atoms with Crippen LogP contribution in [-0.4, -0.2) is 16.1 Å². The molecule has 0 radical (unpaired) electrons. The molecule has 0 aliphatic heterocycles. The summed E-state index contributed by atoms with van der Waals surface area (Å²) in [7, 11) is 0. The maximum absolute atomic E-state index is 11.1. The van der Waals surface area contributed by atoms with Gasteiger partial charge in [-0.25, -0.2) is 4.98 Å². The molecule has 0 saturated heterocycles. The van der Waals surface area contributed by atoms with E-state index in [0.717, 1.165) is 27.8 Å². The van der Waals surface area contributed by atoms with Crippen molar-refractivity contribution in [2.45, 2.75) is 29.4 Å². The zero-order valence-electron chi connectivity index (χ0n) is 10.2. The first-order valence-electron chi connectivity index (χ1n) is 6.13. The number of fused-ring (bicyclic) bond motifs is 1. The second-order valence-corrected chi connectivity index (χ2v) is 6.66. The van der Waals surface area contributed by atoms with E-state index in [-0.39, 0.29) is 5.92 Å². The van der Waals surface area contributed by atoms with Gasteiger partial charge in [-0.05, 0) is 25.0 Å². The molecule has 1 heterocycles. The SMILES string of the molecule is O=C(O)C1CCc2sc(CSc3ccccc3)nc21. The molecule has 1 N–H and O–H groups in total. The molecule has 3 rings (SSSR count). The summed E-state index contributed by atoms with van der Waals surface area (Å²) >= 11 is 3.41. The van der Waals surface area contributed by atoms with Gasteiger partial charge in [-0.2, -0.15) is 0 Å². The molecule has 1 atom stereocenters. The highest BCUT2D eigenvalue weighted by Crippen LogP contribution is 2.38. The number of aryl methyl sites for hydroxylation is 1. The van der Waals surface area contributed by atoms with Crippen molar-refractivity contribution in [1.82, 2.24) is 4.98 Å². The fraction of sp³-hybridized carbons (Fsp3) is 0.286. The van der Waals surface area contributed by atoms with Crippen LogP contribution < -0.4 is 0 Å². The molecule has 1 unspecified atom stereocenters. The highest BCUT2D eigenvalue weighted by molar-refractivity contribution is 7.98. The first-order chi connectivity index (χ1) is 9.24. The molecule has 0 bridgehead atoms. The van der Waals surface area contributed by atoms with Crippen LogP contribution in [0.15, 0.2) is 35.2 Å². The van der Waals surface area contributed by atoms with Crippen LogP contribution in [0, 0.1) is 0 Å². The normalized spacial score (nSPS) is 17.4. The van der Waals surface area contributed by atoms with Gasteiger partial charge in [0.2, 0.25) is 0 Å². The summed E-state index contributed by atoms with van der Waals surface area (Å²) in [4.78, 5) is 18.0. The number of aromatic nitrogens is 1. The van der Waals surface area contributed by atoms with Crippen LogP contribution >= 0.6 is 23.1 Å². The smallest absolute Gasteiger partial charge is 0.312 e. The van der Waals surface area contributed by atoms with Gasteiger partial charge in [0, 0.05) is 9.77 Å². The average Bonchev–Trinajstić information content (AvgIpc) is 2.96. The molecule has 5 heteroatoms. The summed E-state index contributed by atoms with van der Waals surface area (Å²) in [6.45, 7) is 0. The zero-order valence-corrected chi connectivity index (χ0v) is 11.8. The number of hydrogen-bond acceptors (Lipinski definition) is 4. The predicted molar refractivity (Wildman–Crippen MR) is 76.8 cm³/mol. The Labute approximate surface area is 119 Å². The van der Waals surface area contributed by atoms with E-state index in [9.17, 15) is 4.79 Å². The molecule has 1 aromatic heterocycles. The van der Waals surface area contributed by atoms with Gasteiger partial charge < -0.3 is 5.11 Å². The van der Waals surface area contributed by atoms with E-state index in [4.69, 9.17) is 5.11 Å². The molecule has 1 aliphatic carbocycles. The molecule has 0 fully saturated rings. The fourth-order valence-electron chi connectivity index (χ4n) is 2.24. The third-order valence-corrected chi connectivity index (χ3v) is 5.50. The number of thiazole rings is 1. The number of hydrogen-bond donors (Lipinski definition) is 1. The lowest BCUT2D eigenvalue weighted by Gasteiger charge is -2.01. The van der Waals surface area contributed by atoms with E-state index in [2.05, 4.69) is 17.1 Å². The Kier molecular flexibility index (Phi) is 3.57. The summed E-state index contributed by atoms with van der Waals surface area (Å²) in [5, 5.41) is 10.2. The molecule has 0 spiro atoms. The Hall–Kier alpha value is -1.33. The van der Waals surface area contributed by atoms with Crippen LogP contribution in [0.1, 0.15) is 27.9 Å². The van der Waals surface area contributed by atoms with Gasteiger partial charge in [0.25, 0.3) is 0 Å². The van der Waals surface area contributed by atoms with E-state index < -0.39 is 5.97 Å². The number of carboxylic acids is 1. The minimum Gasteiger partial charge on any atom is -0.481 e. The Balaban J connectivity index is 1.71. The number of carbonyl (C=O) groups is 1. The van der Waals surface area contributed by atoms with E-state index in [0.29, 0.717) is 6.42 Å². The third-order valence-electron chi connectivity index (χ3n) is 3.17. The molecule has 0 amide bonds. The van der Waals surface area contributed by atoms with Crippen molar-refractivity contribution < 1.29 is 9.90 Å². The second kappa shape index (κ2) is 5.35. The molecule has 1 aromatic carbocycles. The van der Waals surface area contributed by atoms with Gasteiger partial charge in [-0.3, -0.25) is 4.79 Å². The molecule has 19 heavy (non-hydrogen) atoms. The van der Waals surface area contributed by atoms with Crippen LogP contribution in [0.4, 0.5) is 0 Å². The van der Waals surface area contributed by atoms with E-state index in [1.807, 2.05) is 18.2 Å². The highest BCUT2D eigenvalue weighted by Gasteiger charge is 2.32. The first kappa shape index (κ1) is 12.7. The quantitative estimate of drug-likeness (QED) is 0.875. The van der Waals surface area contributed by atoms with Crippen molar-refractivity contribution in [1.29, 1.82) is 0 Å². The van der Waals surface area contributed by atoms with Crippen LogP contribution in [0.5, 0.6) is 0 Å². The van der Waals surface area contributed by atoms with Crippen molar-refractivity contribution in [3.05, 3.63) is 45.9 Å². The number of thioether (sulfide) groups is 1. The maximum atomic E-state index is 11.1. The van der Waals surface area contributed by atoms with Crippen LogP contribution in [0.3, 0.4) is 0 Å². The van der Waals surface area contributed by atoms with Gasteiger partial charge >= 0.3 is 5.97 Å². The number of aliphatic carboxylic acids is 1. The summed E-state index contributed by atoms with van der Waals surface area (Å²) in [5.41, 5.74) is 0.807. The van der Waals surface area contributed by atoms with E-state index >= 15 is 0 Å². The Bertz CT molecular complexity index is 595. The van der Waals surface area contributed by atoms with Crippen molar-refractivity contribution in [3.63, 3.8) is 0 Å². The summed E-state index contributed by atoms with van der Waals surface area (Å²) < 4.78 is 0. The van der Waals surface area contributed by atoms with E-state index in [1.54, 1.807) is 23.1 Å². The lowest BCUT2D eigenvalue weighted by Crippen LogP contribution is -2.08. The Morgan fingerprint density at radius 3 is 2.95 bits per heavy atom. The predicted octanol–water partition coefficient (Wildman–Crippen LogP) is 3.55. The standard InChI is InChI=1S/C14H13NO2S2/c16-14(17)10-6-7-11-13(10)15-12(19-11)8-18-9-4-2-1-3-5-9/h1-5,10H,6-8H2,(H,16,17). The molecule has 3 nitrogen and oxygen atoms in total. The van der Waals surface area contributed by atoms with Gasteiger partial charge in [-0.1, -0.05) is 18.2 Å². The van der Waals surface area contributed by atoms with Crippen molar-refractivity contribution in [2.75, 3.05) is 0 Å². The summed E-state index contributed by atoms with van der Waals surface area (Å²) in [5.74, 6) is -0.318. The minimum absolute atomic E-state index is 0.387. The monoisotopic (exact) mass is 291 g/mol. The Morgan fingerprint density at radius 2 is 2.21 bits per heavy atom. The molecule has 1 aliphatic rings. The lowest BCUT2D eigenvalue weighted by atomic mass is 10.1. The minimum atomic E-state index is -0.744. The van der Waals surface area contributed by atoms with Crippen molar-refractivity contribution in [2.24, 2.45) is 0 Å². The van der Waals surface area contributed by atoms with Gasteiger partial charge in [-0.15, -0.1) is 23.1 Å². The number of nitrogens with zero attached hydrogens (tertiary/aromatic N) is 1. The average molecular weight is 291 g/mol. The third kappa shape index (κ3) is 2.67. The zero-order chi connectivity index (χ0) is 13.2. The summed E-state index contributed by atoms with van der Waals surface area (Å²) in [6.07, 6.45) is 1.57. The van der Waals surface area contributed by atoms with Crippen LogP contribution in [0.25, 0.3) is 0 Å². The molecule has 0 saturated carbocycles. The van der Waals surface area contributed by atoms with Gasteiger partial charge in [0.15, 0.2) is 0 Å². The lowest BCUT2D eigenvalue weighted by molar-refractivity contribution is -0.138. The van der Waals surface area contributed by atoms with Gasteiger partial charge in [0.1, 0.15) is 10.9 Å². The largest absolute Gasteiger partial charge is 0.481 e.